The van der Waals surface area contributed by atoms with Crippen LogP contribution < -0.4 is 10.5 Å². The molecule has 104 valence electrons. The predicted octanol–water partition coefficient (Wildman–Crippen LogP) is -2.34. The van der Waals surface area contributed by atoms with Crippen LogP contribution in [-0.2, 0) is 4.74 Å². The van der Waals surface area contributed by atoms with Crippen LogP contribution in [0.15, 0.2) is 11.5 Å². The lowest BCUT2D eigenvalue weighted by Crippen LogP contribution is -2.53. The monoisotopic (exact) mass is 280 g/mol. The Morgan fingerprint density at radius 3 is 2.67 bits per heavy atom. The molecule has 0 saturated carbocycles. The van der Waals surface area contributed by atoms with Gasteiger partial charge in [-0.2, -0.15) is 0 Å². The van der Waals surface area contributed by atoms with Crippen molar-refractivity contribution in [2.75, 3.05) is 13.2 Å². The molecule has 2 rings (SSSR count). The average Bonchev–Trinajstić information content (AvgIpc) is 2.91. The molecule has 5 atom stereocenters. The smallest absolute Gasteiger partial charge is 0.279 e. The number of rotatable bonds is 2. The van der Waals surface area contributed by atoms with Gasteiger partial charge in [-0.25, -0.2) is 0 Å². The summed E-state index contributed by atoms with van der Waals surface area (Å²) in [4.78, 5) is 11.6. The van der Waals surface area contributed by atoms with Gasteiger partial charge in [0.05, 0.1) is 6.61 Å². The van der Waals surface area contributed by atoms with E-state index in [0.717, 1.165) is 0 Å². The molecule has 18 heavy (non-hydrogen) atoms. The van der Waals surface area contributed by atoms with Gasteiger partial charge in [0.25, 0.3) is 10.4 Å². The second kappa shape index (κ2) is 4.46. The number of hydrogen-bond acceptors (Lipinski definition) is 7. The van der Waals surface area contributed by atoms with Crippen molar-refractivity contribution < 1.29 is 30.0 Å². The zero-order valence-corrected chi connectivity index (χ0v) is 10.2. The van der Waals surface area contributed by atoms with Gasteiger partial charge in [0.15, 0.2) is 0 Å². The Kier molecular flexibility index (Phi) is 3.40. The minimum atomic E-state index is -2.86. The Balaban J connectivity index is 2.42. The molecule has 0 aliphatic carbocycles. The molecule has 0 spiro atoms. The van der Waals surface area contributed by atoms with Crippen LogP contribution in [0, 0.1) is 0 Å². The van der Waals surface area contributed by atoms with E-state index in [1.54, 1.807) is 6.08 Å². The number of primary amides is 1. The quantitative estimate of drug-likeness (QED) is 0.332. The molecule has 0 aromatic rings. The summed E-state index contributed by atoms with van der Waals surface area (Å²) in [5.41, 5.74) is 5.28. The van der Waals surface area contributed by atoms with E-state index in [4.69, 9.17) is 15.6 Å². The maximum Gasteiger partial charge on any atom is 0.279 e. The number of nitrogens with two attached hydrogens (primary N) is 1. The molecule has 9 heteroatoms. The van der Waals surface area contributed by atoms with E-state index in [1.165, 1.54) is 5.41 Å². The molecule has 1 unspecified atom stereocenters. The van der Waals surface area contributed by atoms with Gasteiger partial charge < -0.3 is 30.9 Å². The van der Waals surface area contributed by atoms with Gasteiger partial charge in [-0.05, 0) is 15.6 Å². The molecule has 1 amide bonds. The molecule has 0 bridgehead atoms. The third-order valence-electron chi connectivity index (χ3n) is 3.09. The maximum atomic E-state index is 11.6. The lowest BCUT2D eigenvalue weighted by atomic mass is 10.1. The fourth-order valence-electron chi connectivity index (χ4n) is 2.09. The van der Waals surface area contributed by atoms with Gasteiger partial charge in [-0.15, -0.1) is 0 Å². The number of hydrogen-bond donors (Lipinski definition) is 6. The summed E-state index contributed by atoms with van der Waals surface area (Å²) < 4.78 is 7.82. The first-order valence-electron chi connectivity index (χ1n) is 5.30. The second-order valence-electron chi connectivity index (χ2n) is 4.10. The molecular weight excluding hydrogens is 264 g/mol. The van der Waals surface area contributed by atoms with Crippen LogP contribution in [0.1, 0.15) is 0 Å². The van der Waals surface area contributed by atoms with Crippen LogP contribution >= 0.6 is 10.2 Å². The van der Waals surface area contributed by atoms with Crippen molar-refractivity contribution in [2.45, 2.75) is 23.4 Å². The molecule has 1 saturated heterocycles. The molecule has 8 nitrogen and oxygen atoms in total. The predicted molar refractivity (Wildman–Crippen MR) is 63.2 cm³/mol. The van der Waals surface area contributed by atoms with Crippen LogP contribution in [-0.4, -0.2) is 62.2 Å². The third-order valence-corrected chi connectivity index (χ3v) is 6.20. The summed E-state index contributed by atoms with van der Waals surface area (Å²) in [5, 5.41) is 37.1. The highest BCUT2D eigenvalue weighted by Crippen LogP contribution is 2.62. The van der Waals surface area contributed by atoms with E-state index in [9.17, 15) is 20.1 Å². The highest BCUT2D eigenvalue weighted by Gasteiger charge is 2.64. The second-order valence-corrected chi connectivity index (χ2v) is 6.97. The molecule has 2 heterocycles. The first-order valence-corrected chi connectivity index (χ1v) is 6.99. The summed E-state index contributed by atoms with van der Waals surface area (Å²) in [6.07, 6.45) is -2.84. The lowest BCUT2D eigenvalue weighted by Gasteiger charge is -2.44. The van der Waals surface area contributed by atoms with Crippen molar-refractivity contribution in [3.63, 3.8) is 0 Å². The van der Waals surface area contributed by atoms with E-state index in [0.29, 0.717) is 0 Å². The van der Waals surface area contributed by atoms with Crippen molar-refractivity contribution in [3.8, 4) is 0 Å². The molecule has 0 radical (unpaired) electrons. The van der Waals surface area contributed by atoms with Crippen molar-refractivity contribution in [3.05, 3.63) is 11.5 Å². The minimum absolute atomic E-state index is 0.288. The van der Waals surface area contributed by atoms with Gasteiger partial charge in [-0.1, -0.05) is 6.08 Å². The van der Waals surface area contributed by atoms with E-state index in [-0.39, 0.29) is 6.54 Å². The highest BCUT2D eigenvalue weighted by atomic mass is 32.3. The standard InChI is InChI=1S/C9H16N2O6S/c10-8(15)18(3-1-2-11-18)9(16)7(14)6(13)5(4-12)17-9/h1,3,5-7,11-14,16H,2,4H2,(H2,10,15)/t5-,6-,7-,9-/m1/s1. The summed E-state index contributed by atoms with van der Waals surface area (Å²) in [5.74, 6) is 0. The molecule has 1 fully saturated rings. The number of amides is 1. The van der Waals surface area contributed by atoms with Gasteiger partial charge in [-0.3, -0.25) is 9.52 Å². The van der Waals surface area contributed by atoms with Crippen LogP contribution in [0.3, 0.4) is 0 Å². The number of ether oxygens (including phenoxy) is 1. The van der Waals surface area contributed by atoms with E-state index in [1.807, 2.05) is 0 Å². The maximum absolute atomic E-state index is 11.6. The van der Waals surface area contributed by atoms with Crippen molar-refractivity contribution >= 4 is 15.5 Å². The molecular formula is C9H16N2O6S. The summed E-state index contributed by atoms with van der Waals surface area (Å²) >= 11 is 0. The van der Waals surface area contributed by atoms with Crippen LogP contribution in [0.4, 0.5) is 4.79 Å². The number of aliphatic hydroxyl groups excluding tert-OH is 3. The minimum Gasteiger partial charge on any atom is -0.394 e. The van der Waals surface area contributed by atoms with Gasteiger partial charge >= 0.3 is 0 Å². The van der Waals surface area contributed by atoms with E-state index >= 15 is 0 Å². The Morgan fingerprint density at radius 2 is 2.28 bits per heavy atom. The van der Waals surface area contributed by atoms with Gasteiger partial charge in [0.2, 0.25) is 0 Å². The van der Waals surface area contributed by atoms with Gasteiger partial charge in [0, 0.05) is 6.54 Å². The summed E-state index contributed by atoms with van der Waals surface area (Å²) in [7, 11) is -2.86. The average molecular weight is 280 g/mol. The van der Waals surface area contributed by atoms with Gasteiger partial charge in [0.1, 0.15) is 18.3 Å². The highest BCUT2D eigenvalue weighted by molar-refractivity contribution is 8.46. The SMILES string of the molecule is NC(=O)S1([C@]2(O)O[C@H](CO)[C@@H](O)[C@H]2O)C=CCN1. The fraction of sp³-hybridized carbons (Fsp3) is 0.667. The van der Waals surface area contributed by atoms with Crippen molar-refractivity contribution in [2.24, 2.45) is 5.73 Å². The first-order chi connectivity index (χ1) is 8.39. The Hall–Kier alpha value is -0.680. The topological polar surface area (TPSA) is 145 Å². The summed E-state index contributed by atoms with van der Waals surface area (Å²) in [6, 6.07) is 0. The first kappa shape index (κ1) is 13.7. The molecule has 7 N–H and O–H groups in total. The van der Waals surface area contributed by atoms with Crippen molar-refractivity contribution in [1.82, 2.24) is 4.72 Å². The Morgan fingerprint density at radius 1 is 1.61 bits per heavy atom. The van der Waals surface area contributed by atoms with Crippen molar-refractivity contribution in [1.29, 1.82) is 0 Å². The summed E-state index contributed by atoms with van der Waals surface area (Å²) in [6.45, 7) is -0.310. The number of carbonyl (C=O) groups excluding carboxylic acids is 1. The Bertz CT molecular complexity index is 393. The zero-order valence-electron chi connectivity index (χ0n) is 9.39. The molecule has 0 aromatic heterocycles. The van der Waals surface area contributed by atoms with E-state index in [2.05, 4.69) is 4.72 Å². The fourth-order valence-corrected chi connectivity index (χ4v) is 4.69. The van der Waals surface area contributed by atoms with Crippen LogP contribution in [0.2, 0.25) is 0 Å². The molecule has 2 aliphatic rings. The number of aliphatic hydroxyl groups is 4. The normalized spacial score (nSPS) is 51.2. The van der Waals surface area contributed by atoms with E-state index < -0.39 is 45.5 Å². The molecule has 0 aromatic carbocycles. The number of carbonyl (C=O) groups is 1. The molecule has 2 aliphatic heterocycles. The van der Waals surface area contributed by atoms with Crippen LogP contribution in [0.5, 0.6) is 0 Å². The zero-order chi connectivity index (χ0) is 13.6. The third kappa shape index (κ3) is 1.60. The lowest BCUT2D eigenvalue weighted by molar-refractivity contribution is -0.165. The largest absolute Gasteiger partial charge is 0.394 e. The number of nitrogens with one attached hydrogen (secondary N) is 1. The van der Waals surface area contributed by atoms with Crippen LogP contribution in [0.25, 0.3) is 0 Å². The Labute approximate surface area is 104 Å².